The Hall–Kier alpha value is -4.53. The molecular formula is C39H38FN2OSi+. The van der Waals surface area contributed by atoms with E-state index in [0.29, 0.717) is 22.3 Å². The Kier molecular flexibility index (Phi) is 7.10. The van der Waals surface area contributed by atoms with Crippen LogP contribution in [0.25, 0.3) is 55.4 Å². The van der Waals surface area contributed by atoms with E-state index in [1.807, 2.05) is 57.6 Å². The molecule has 3 nitrogen and oxygen atoms in total. The topological polar surface area (TPSA) is 40.8 Å². The monoisotopic (exact) mass is 597 g/mol. The second-order valence-electron chi connectivity index (χ2n) is 13.9. The summed E-state index contributed by atoms with van der Waals surface area (Å²) in [5.74, 6) is -0.235. The van der Waals surface area contributed by atoms with Crippen LogP contribution in [0.1, 0.15) is 37.5 Å². The third-order valence-electron chi connectivity index (χ3n) is 8.68. The maximum Gasteiger partial charge on any atom is 0.219 e. The molecule has 0 saturated heterocycles. The number of fused-ring (bicyclic) bond motifs is 3. The quantitative estimate of drug-likeness (QED) is 0.150. The molecular weight excluding hydrogens is 560 g/mol. The van der Waals surface area contributed by atoms with Crippen molar-refractivity contribution in [2.24, 2.45) is 7.05 Å². The fraction of sp³-hybridized carbons (Fsp3) is 0.231. The van der Waals surface area contributed by atoms with E-state index in [1.165, 1.54) is 10.8 Å². The number of aryl methyl sites for hydroxylation is 2. The van der Waals surface area contributed by atoms with Gasteiger partial charge in [0, 0.05) is 22.4 Å². The lowest BCUT2D eigenvalue weighted by molar-refractivity contribution is -0.661. The third kappa shape index (κ3) is 5.04. The standard InChI is InChI=1S/C39H38FN2OSi/c1-24-9-19-30-31-20-16-28(22-41)36(27-12-10-25(11-13-27)26-14-17-29(18-15-26)44(6,7)8)38(31)43-37(30)35(24)34-21-33(40)32(23-42(34)5)39(2,3)4/h9-21,23H,1-8H3/q+1. The zero-order valence-electron chi connectivity index (χ0n) is 26.8. The molecule has 4 aromatic carbocycles. The number of benzene rings is 4. The first kappa shape index (κ1) is 29.5. The molecule has 5 heteroatoms. The number of hydrogen-bond donors (Lipinski definition) is 0. The van der Waals surface area contributed by atoms with Gasteiger partial charge in [0.1, 0.15) is 24.0 Å². The fourth-order valence-corrected chi connectivity index (χ4v) is 7.28. The van der Waals surface area contributed by atoms with Crippen LogP contribution in [0.3, 0.4) is 0 Å². The van der Waals surface area contributed by atoms with E-state index in [9.17, 15) is 5.26 Å². The Morgan fingerprint density at radius 3 is 1.89 bits per heavy atom. The summed E-state index contributed by atoms with van der Waals surface area (Å²) in [6.45, 7) is 15.1. The van der Waals surface area contributed by atoms with Gasteiger partial charge in [0.2, 0.25) is 5.69 Å². The van der Waals surface area contributed by atoms with Crippen LogP contribution in [0.15, 0.2) is 89.5 Å². The number of furan rings is 1. The highest BCUT2D eigenvalue weighted by molar-refractivity contribution is 6.88. The lowest BCUT2D eigenvalue weighted by atomic mass is 9.87. The van der Waals surface area contributed by atoms with E-state index < -0.39 is 8.07 Å². The van der Waals surface area contributed by atoms with Gasteiger partial charge in [0.25, 0.3) is 0 Å². The Balaban J connectivity index is 1.52. The lowest BCUT2D eigenvalue weighted by Gasteiger charge is -2.18. The van der Waals surface area contributed by atoms with Crippen LogP contribution in [0.4, 0.5) is 4.39 Å². The number of hydrogen-bond acceptors (Lipinski definition) is 2. The molecule has 6 aromatic rings. The number of aromatic nitrogens is 1. The van der Waals surface area contributed by atoms with Crippen LogP contribution in [0.5, 0.6) is 0 Å². The van der Waals surface area contributed by atoms with Gasteiger partial charge in [-0.05, 0) is 46.7 Å². The average Bonchev–Trinajstić information content (AvgIpc) is 3.35. The molecule has 0 saturated carbocycles. The molecule has 0 aliphatic carbocycles. The molecule has 44 heavy (non-hydrogen) atoms. The van der Waals surface area contributed by atoms with E-state index in [1.54, 1.807) is 6.07 Å². The maximum atomic E-state index is 15.5. The number of nitrogens with zero attached hydrogens (tertiary/aromatic N) is 2. The second-order valence-corrected chi connectivity index (χ2v) is 19.0. The van der Waals surface area contributed by atoms with Crippen molar-refractivity contribution in [2.75, 3.05) is 0 Å². The predicted molar refractivity (Wildman–Crippen MR) is 182 cm³/mol. The summed E-state index contributed by atoms with van der Waals surface area (Å²) in [7, 11) is 0.581. The normalized spacial score (nSPS) is 12.2. The van der Waals surface area contributed by atoms with E-state index in [2.05, 4.69) is 86.4 Å². The maximum absolute atomic E-state index is 15.5. The van der Waals surface area contributed by atoms with Crippen molar-refractivity contribution in [3.8, 4) is 39.6 Å². The summed E-state index contributed by atoms with van der Waals surface area (Å²) >= 11 is 0. The van der Waals surface area contributed by atoms with Crippen molar-refractivity contribution in [1.29, 1.82) is 5.26 Å². The second kappa shape index (κ2) is 10.6. The van der Waals surface area contributed by atoms with Gasteiger partial charge in [-0.25, -0.2) is 8.96 Å². The molecule has 0 radical (unpaired) electrons. The first-order valence-corrected chi connectivity index (χ1v) is 18.6. The fourth-order valence-electron chi connectivity index (χ4n) is 6.12. The van der Waals surface area contributed by atoms with Gasteiger partial charge in [0.05, 0.1) is 30.8 Å². The summed E-state index contributed by atoms with van der Waals surface area (Å²) in [4.78, 5) is 0. The van der Waals surface area contributed by atoms with Gasteiger partial charge < -0.3 is 4.42 Å². The summed E-state index contributed by atoms with van der Waals surface area (Å²) in [5.41, 5.74) is 8.78. The zero-order valence-corrected chi connectivity index (χ0v) is 27.8. The molecule has 0 bridgehead atoms. The molecule has 2 heterocycles. The molecule has 0 aliphatic rings. The van der Waals surface area contributed by atoms with Gasteiger partial charge in [0.15, 0.2) is 6.20 Å². The zero-order chi connectivity index (χ0) is 31.6. The average molecular weight is 598 g/mol. The van der Waals surface area contributed by atoms with Crippen LogP contribution in [0.2, 0.25) is 19.6 Å². The van der Waals surface area contributed by atoms with E-state index in [-0.39, 0.29) is 11.2 Å². The number of halogens is 1. The molecule has 0 spiro atoms. The highest BCUT2D eigenvalue weighted by atomic mass is 28.3. The predicted octanol–water partition coefficient (Wildman–Crippen LogP) is 9.57. The summed E-state index contributed by atoms with van der Waals surface area (Å²) < 4.78 is 24.2. The summed E-state index contributed by atoms with van der Waals surface area (Å²) in [5, 5.41) is 13.4. The number of nitriles is 1. The molecule has 2 aromatic heterocycles. The van der Waals surface area contributed by atoms with Crippen molar-refractivity contribution in [2.45, 2.75) is 52.8 Å². The van der Waals surface area contributed by atoms with Crippen LogP contribution in [-0.4, -0.2) is 8.07 Å². The van der Waals surface area contributed by atoms with Crippen LogP contribution < -0.4 is 9.75 Å². The van der Waals surface area contributed by atoms with Crippen molar-refractivity contribution < 1.29 is 13.4 Å². The highest BCUT2D eigenvalue weighted by Crippen LogP contribution is 2.42. The molecule has 220 valence electrons. The molecule has 0 fully saturated rings. The van der Waals surface area contributed by atoms with E-state index in [4.69, 9.17) is 4.42 Å². The highest BCUT2D eigenvalue weighted by Gasteiger charge is 2.28. The van der Waals surface area contributed by atoms with Crippen molar-refractivity contribution in [3.63, 3.8) is 0 Å². The minimum atomic E-state index is -1.37. The Morgan fingerprint density at radius 1 is 0.773 bits per heavy atom. The molecule has 0 N–H and O–H groups in total. The van der Waals surface area contributed by atoms with Gasteiger partial charge >= 0.3 is 0 Å². The summed E-state index contributed by atoms with van der Waals surface area (Å²) in [6, 6.07) is 29.2. The first-order valence-electron chi connectivity index (χ1n) is 15.1. The number of rotatable bonds is 4. The Morgan fingerprint density at radius 2 is 1.32 bits per heavy atom. The smallest absolute Gasteiger partial charge is 0.219 e. The van der Waals surface area contributed by atoms with Gasteiger partial charge in [-0.3, -0.25) is 0 Å². The SMILES string of the molecule is Cc1ccc2c(oc3c(-c4ccc(-c5ccc([Si](C)(C)C)cc5)cc4)c(C#N)ccc32)c1-c1cc(F)c(C(C)(C)C)c[n+]1C. The van der Waals surface area contributed by atoms with Crippen molar-refractivity contribution in [3.05, 3.63) is 108 Å². The third-order valence-corrected chi connectivity index (χ3v) is 10.7. The van der Waals surface area contributed by atoms with E-state index >= 15 is 4.39 Å². The molecule has 6 rings (SSSR count). The van der Waals surface area contributed by atoms with Gasteiger partial charge in [-0.2, -0.15) is 5.26 Å². The largest absolute Gasteiger partial charge is 0.454 e. The van der Waals surface area contributed by atoms with Gasteiger partial charge in [-0.1, -0.05) is 106 Å². The minimum Gasteiger partial charge on any atom is -0.454 e. The first-order chi connectivity index (χ1) is 20.8. The molecule has 0 unspecified atom stereocenters. The molecule has 0 amide bonds. The summed E-state index contributed by atoms with van der Waals surface area (Å²) in [6.07, 6.45) is 1.88. The van der Waals surface area contributed by atoms with Crippen LogP contribution in [-0.2, 0) is 12.5 Å². The Labute approximate surface area is 260 Å². The molecule has 0 atom stereocenters. The van der Waals surface area contributed by atoms with Crippen LogP contribution >= 0.6 is 0 Å². The van der Waals surface area contributed by atoms with E-state index in [0.717, 1.165) is 44.3 Å². The van der Waals surface area contributed by atoms with Crippen molar-refractivity contribution >= 4 is 35.2 Å². The van der Waals surface area contributed by atoms with Gasteiger partial charge in [-0.15, -0.1) is 0 Å². The Bertz CT molecular complexity index is 2100. The molecule has 0 aliphatic heterocycles. The number of pyridine rings is 1. The lowest BCUT2D eigenvalue weighted by Crippen LogP contribution is -2.37. The minimum absolute atomic E-state index is 0.235. The van der Waals surface area contributed by atoms with Crippen LogP contribution in [0, 0.1) is 24.1 Å². The van der Waals surface area contributed by atoms with Crippen molar-refractivity contribution in [1.82, 2.24) is 0 Å².